The van der Waals surface area contributed by atoms with Crippen LogP contribution in [0, 0.1) is 17.0 Å². The first-order valence-electron chi connectivity index (χ1n) is 9.85. The number of nitrogens with zero attached hydrogens (tertiary/aromatic N) is 1. The van der Waals surface area contributed by atoms with Crippen LogP contribution in [-0.4, -0.2) is 30.7 Å². The molecule has 0 atom stereocenters. The summed E-state index contributed by atoms with van der Waals surface area (Å²) in [5.74, 6) is -4.91. The Morgan fingerprint density at radius 1 is 1.06 bits per heavy atom. The highest BCUT2D eigenvalue weighted by molar-refractivity contribution is 6.35. The van der Waals surface area contributed by atoms with E-state index in [9.17, 15) is 30.7 Å². The molecule has 0 saturated heterocycles. The molecular formula is C22H25Cl2F7N4O. The summed E-state index contributed by atoms with van der Waals surface area (Å²) in [6.45, 7) is 6.20. The highest BCUT2D eigenvalue weighted by Crippen LogP contribution is 2.37. The Hall–Kier alpha value is -2.70. The maximum atomic E-state index is 14.1. The van der Waals surface area contributed by atoms with Crippen molar-refractivity contribution in [1.82, 2.24) is 10.3 Å². The van der Waals surface area contributed by atoms with E-state index in [1.54, 1.807) is 0 Å². The Labute approximate surface area is 214 Å². The van der Waals surface area contributed by atoms with Gasteiger partial charge in [0.1, 0.15) is 24.1 Å². The molecule has 0 amide bonds. The normalized spacial score (nSPS) is 11.4. The zero-order chi connectivity index (χ0) is 28.7. The van der Waals surface area contributed by atoms with Gasteiger partial charge in [-0.25, -0.2) is 8.78 Å². The van der Waals surface area contributed by atoms with E-state index in [0.717, 1.165) is 31.5 Å². The van der Waals surface area contributed by atoms with Crippen molar-refractivity contribution >= 4 is 36.2 Å². The maximum absolute atomic E-state index is 14.1. The molecule has 0 aliphatic carbocycles. The largest absolute Gasteiger partial charge is 0.431 e. The van der Waals surface area contributed by atoms with Gasteiger partial charge < -0.3 is 21.3 Å². The zero-order valence-corrected chi connectivity index (χ0v) is 20.9. The predicted molar refractivity (Wildman–Crippen MR) is 126 cm³/mol. The molecule has 4 N–H and O–H groups in total. The Morgan fingerprint density at radius 3 is 1.86 bits per heavy atom. The highest BCUT2D eigenvalue weighted by Gasteiger charge is 2.36. The number of allylic oxidation sites excluding steroid dienone is 2. The van der Waals surface area contributed by atoms with Crippen molar-refractivity contribution in [3.63, 3.8) is 0 Å². The monoisotopic (exact) mass is 564 g/mol. The van der Waals surface area contributed by atoms with Crippen molar-refractivity contribution < 1.29 is 35.5 Å². The Morgan fingerprint density at radius 2 is 1.50 bits per heavy atom. The first kappa shape index (κ1) is 35.5. The second-order valence-electron chi connectivity index (χ2n) is 6.30. The fourth-order valence-corrected chi connectivity index (χ4v) is 2.87. The van der Waals surface area contributed by atoms with E-state index in [1.807, 2.05) is 20.6 Å². The average Bonchev–Trinajstić information content (AvgIpc) is 2.79. The van der Waals surface area contributed by atoms with Gasteiger partial charge in [0.05, 0.1) is 22.2 Å². The summed E-state index contributed by atoms with van der Waals surface area (Å²) in [6, 6.07) is 2.82. The van der Waals surface area contributed by atoms with Crippen molar-refractivity contribution in [2.75, 3.05) is 6.54 Å². The first-order valence-corrected chi connectivity index (χ1v) is 10.6. The molecule has 0 unspecified atom stereocenters. The molecule has 0 saturated carbocycles. The fourth-order valence-electron chi connectivity index (χ4n) is 2.23. The smallest absolute Gasteiger partial charge is 0.394 e. The lowest BCUT2D eigenvalue weighted by Crippen LogP contribution is -2.31. The molecule has 0 aliphatic rings. The molecule has 1 aromatic heterocycles. The molecular weight excluding hydrogens is 540 g/mol. The van der Waals surface area contributed by atoms with Gasteiger partial charge in [-0.1, -0.05) is 37.0 Å². The van der Waals surface area contributed by atoms with E-state index in [-0.39, 0.29) is 27.7 Å². The minimum Gasteiger partial charge on any atom is -0.394 e. The standard InChI is InChI=1S/C14H10Cl2F4N2.C5H7F3N2.C2H6.CH2O/c15-11-5-21-6-12(16)13(11)14(19,20)7-22-4-8-1-9(17)3-10(18)2-8;1-3(2-9)4(10)5(6,7)8;2*1-2/h1-3,5-6,22H,4,7H2;2,9H,10H2,1H3;1-2H3;1H2/b;4-3-,9-2?;;. The topological polar surface area (TPSA) is 91.9 Å². The van der Waals surface area contributed by atoms with Gasteiger partial charge in [0, 0.05) is 31.2 Å². The third-order valence-corrected chi connectivity index (χ3v) is 4.34. The van der Waals surface area contributed by atoms with Gasteiger partial charge in [0.15, 0.2) is 0 Å². The molecule has 202 valence electrons. The number of alkyl halides is 5. The molecule has 0 aliphatic heterocycles. The lowest BCUT2D eigenvalue weighted by atomic mass is 10.1. The summed E-state index contributed by atoms with van der Waals surface area (Å²) in [5, 5.41) is 8.38. The van der Waals surface area contributed by atoms with Crippen molar-refractivity contribution in [2.24, 2.45) is 5.73 Å². The number of aromatic nitrogens is 1. The zero-order valence-electron chi connectivity index (χ0n) is 19.4. The first-order chi connectivity index (χ1) is 16.7. The van der Waals surface area contributed by atoms with E-state index in [1.165, 1.54) is 0 Å². The van der Waals surface area contributed by atoms with E-state index in [0.29, 0.717) is 12.3 Å². The highest BCUT2D eigenvalue weighted by atomic mass is 35.5. The Balaban J connectivity index is 0. The van der Waals surface area contributed by atoms with Crippen LogP contribution in [0.25, 0.3) is 0 Å². The summed E-state index contributed by atoms with van der Waals surface area (Å²) in [6.07, 6.45) is -1.80. The van der Waals surface area contributed by atoms with Crippen LogP contribution in [-0.2, 0) is 17.3 Å². The van der Waals surface area contributed by atoms with Gasteiger partial charge in [-0.3, -0.25) is 4.98 Å². The van der Waals surface area contributed by atoms with Crippen LogP contribution in [0.1, 0.15) is 31.9 Å². The molecule has 14 heteroatoms. The molecule has 2 rings (SSSR count). The molecule has 2 aromatic rings. The van der Waals surface area contributed by atoms with Crippen LogP contribution in [0.15, 0.2) is 41.9 Å². The SMILES string of the molecule is C/C(C=N)=C(/N)C(F)(F)F.C=O.CC.Fc1cc(F)cc(CNCC(F)(F)c2c(Cl)cncc2Cl)c1. The quantitative estimate of drug-likeness (QED) is 0.265. The predicted octanol–water partition coefficient (Wildman–Crippen LogP) is 6.82. The molecule has 1 aromatic carbocycles. The van der Waals surface area contributed by atoms with Gasteiger partial charge >= 0.3 is 6.18 Å². The second kappa shape index (κ2) is 16.9. The van der Waals surface area contributed by atoms with Gasteiger partial charge in [-0.2, -0.15) is 22.0 Å². The van der Waals surface area contributed by atoms with Gasteiger partial charge in [-0.15, -0.1) is 0 Å². The number of nitrogens with one attached hydrogen (secondary N) is 2. The maximum Gasteiger partial charge on any atom is 0.431 e. The third kappa shape index (κ3) is 12.3. The van der Waals surface area contributed by atoms with E-state index < -0.39 is 41.5 Å². The molecule has 0 radical (unpaired) electrons. The molecule has 0 fully saturated rings. The number of pyridine rings is 1. The average molecular weight is 565 g/mol. The minimum absolute atomic E-state index is 0.134. The number of nitrogens with two attached hydrogens (primary N) is 1. The van der Waals surface area contributed by atoms with Gasteiger partial charge in [-0.05, 0) is 30.2 Å². The fraction of sp³-hybridized carbons (Fsp3) is 0.318. The van der Waals surface area contributed by atoms with Crippen LogP contribution in [0.5, 0.6) is 0 Å². The Kier molecular flexibility index (Phi) is 16.6. The second-order valence-corrected chi connectivity index (χ2v) is 7.12. The number of benzene rings is 1. The summed E-state index contributed by atoms with van der Waals surface area (Å²) >= 11 is 11.4. The number of hydrogen-bond donors (Lipinski definition) is 3. The molecule has 5 nitrogen and oxygen atoms in total. The lowest BCUT2D eigenvalue weighted by molar-refractivity contribution is -0.0981. The summed E-state index contributed by atoms with van der Waals surface area (Å²) in [4.78, 5) is 11.6. The summed E-state index contributed by atoms with van der Waals surface area (Å²) < 4.78 is 89.1. The molecule has 36 heavy (non-hydrogen) atoms. The van der Waals surface area contributed by atoms with Crippen LogP contribution >= 0.6 is 23.2 Å². The van der Waals surface area contributed by atoms with Crippen LogP contribution in [0.4, 0.5) is 30.7 Å². The van der Waals surface area contributed by atoms with Crippen molar-refractivity contribution in [3.05, 3.63) is 74.7 Å². The number of carbonyl (C=O) groups excluding carboxylic acids is 1. The van der Waals surface area contributed by atoms with E-state index >= 15 is 0 Å². The van der Waals surface area contributed by atoms with Gasteiger partial charge in [0.2, 0.25) is 0 Å². The molecule has 0 bridgehead atoms. The van der Waals surface area contributed by atoms with Crippen molar-refractivity contribution in [2.45, 2.75) is 39.4 Å². The van der Waals surface area contributed by atoms with Crippen LogP contribution in [0.3, 0.4) is 0 Å². The number of hydrogen-bond acceptors (Lipinski definition) is 5. The van der Waals surface area contributed by atoms with Crippen LogP contribution < -0.4 is 11.1 Å². The van der Waals surface area contributed by atoms with E-state index in [2.05, 4.69) is 16.0 Å². The van der Waals surface area contributed by atoms with Crippen molar-refractivity contribution in [3.8, 4) is 0 Å². The summed E-state index contributed by atoms with van der Waals surface area (Å²) in [5.41, 5.74) is 2.80. The lowest BCUT2D eigenvalue weighted by Gasteiger charge is -2.19. The van der Waals surface area contributed by atoms with E-state index in [4.69, 9.17) is 33.4 Å². The Bertz CT molecular complexity index is 962. The van der Waals surface area contributed by atoms with Gasteiger partial charge in [0.25, 0.3) is 5.92 Å². The molecule has 0 spiro atoms. The number of carbonyl (C=O) groups is 1. The third-order valence-electron chi connectivity index (χ3n) is 3.76. The minimum atomic E-state index is -4.51. The number of rotatable bonds is 6. The molecule has 1 heterocycles. The van der Waals surface area contributed by atoms with Crippen LogP contribution in [0.2, 0.25) is 10.0 Å². The summed E-state index contributed by atoms with van der Waals surface area (Å²) in [7, 11) is 0. The number of halogens is 9. The van der Waals surface area contributed by atoms with Crippen molar-refractivity contribution in [1.29, 1.82) is 5.41 Å².